The molecular formula is C38H45NO15. The molecule has 0 bridgehead atoms. The smallest absolute Gasteiger partial charge is 0.306 e. The zero-order valence-electron chi connectivity index (χ0n) is 30.9. The van der Waals surface area contributed by atoms with Crippen molar-refractivity contribution in [2.24, 2.45) is 5.16 Å². The molecule has 0 amide bonds. The number of methoxy groups -OCH3 is 1. The van der Waals surface area contributed by atoms with Crippen molar-refractivity contribution in [1.29, 1.82) is 0 Å². The standard InChI is InChI=1S/C38H45NO15/c1-22(39-54-38-37(50-26(5)43)36(49-25(4)42)35(48-24(3)41)33(53-38)21-46-23(2)40)12-19-34(44)47-20-32-31(51-29-15-13-28(45-6)14-16-29)18-17-30(52-32)27-10-8-7-9-11-27/h7-11,13-18,30-33,35-38H,12,19-21H2,1-6H3/t30-,31-,32+,33+,35+,36-,37+,38-/m0/s1. The van der Waals surface area contributed by atoms with Gasteiger partial charge in [-0.15, -0.1) is 0 Å². The van der Waals surface area contributed by atoms with Crippen molar-refractivity contribution < 1.29 is 71.4 Å². The number of rotatable bonds is 16. The number of ether oxygens (including phenoxy) is 9. The summed E-state index contributed by atoms with van der Waals surface area (Å²) in [5, 5.41) is 4.05. The molecule has 16 heteroatoms. The van der Waals surface area contributed by atoms with Crippen molar-refractivity contribution in [3.63, 3.8) is 0 Å². The Kier molecular flexibility index (Phi) is 15.4. The summed E-state index contributed by atoms with van der Waals surface area (Å²) in [4.78, 5) is 66.2. The molecule has 2 heterocycles. The molecule has 0 N–H and O–H groups in total. The molecule has 0 saturated carbocycles. The molecular weight excluding hydrogens is 710 g/mol. The number of oxime groups is 1. The van der Waals surface area contributed by atoms with Gasteiger partial charge in [0.25, 0.3) is 6.29 Å². The molecule has 0 aliphatic carbocycles. The van der Waals surface area contributed by atoms with E-state index in [9.17, 15) is 24.0 Å². The van der Waals surface area contributed by atoms with E-state index in [0.717, 1.165) is 33.3 Å². The summed E-state index contributed by atoms with van der Waals surface area (Å²) in [5.74, 6) is -2.30. The van der Waals surface area contributed by atoms with E-state index in [4.69, 9.17) is 47.5 Å². The lowest BCUT2D eigenvalue weighted by molar-refractivity contribution is -0.308. The summed E-state index contributed by atoms with van der Waals surface area (Å²) >= 11 is 0. The highest BCUT2D eigenvalue weighted by molar-refractivity contribution is 5.85. The largest absolute Gasteiger partial charge is 0.497 e. The van der Waals surface area contributed by atoms with Crippen LogP contribution in [0.15, 0.2) is 71.9 Å². The van der Waals surface area contributed by atoms with Gasteiger partial charge >= 0.3 is 29.8 Å². The molecule has 2 aromatic rings. The van der Waals surface area contributed by atoms with Gasteiger partial charge < -0.3 is 47.5 Å². The Hall–Kier alpha value is -5.48. The first-order chi connectivity index (χ1) is 25.8. The summed E-state index contributed by atoms with van der Waals surface area (Å²) in [6.07, 6.45) is -4.75. The summed E-state index contributed by atoms with van der Waals surface area (Å²) in [6, 6.07) is 16.7. The molecule has 0 spiro atoms. The lowest BCUT2D eigenvalue weighted by Gasteiger charge is -2.43. The molecule has 2 aromatic carbocycles. The van der Waals surface area contributed by atoms with E-state index in [1.54, 1.807) is 38.3 Å². The van der Waals surface area contributed by atoms with Crippen molar-refractivity contribution in [3.8, 4) is 11.5 Å². The Balaban J connectivity index is 1.41. The number of benzene rings is 2. The van der Waals surface area contributed by atoms with E-state index in [1.807, 2.05) is 42.5 Å². The highest BCUT2D eigenvalue weighted by atomic mass is 16.8. The summed E-state index contributed by atoms with van der Waals surface area (Å²) < 4.78 is 50.4. The molecule has 0 radical (unpaired) electrons. The lowest BCUT2D eigenvalue weighted by atomic mass is 9.98. The molecule has 54 heavy (non-hydrogen) atoms. The quantitative estimate of drug-likeness (QED) is 0.0787. The average molecular weight is 756 g/mol. The normalized spacial score (nSPS) is 25.0. The number of carbonyl (C=O) groups excluding carboxylic acids is 5. The maximum absolute atomic E-state index is 12.9. The highest BCUT2D eigenvalue weighted by Crippen LogP contribution is 2.31. The van der Waals surface area contributed by atoms with Gasteiger partial charge in [0.2, 0.25) is 6.10 Å². The minimum absolute atomic E-state index is 0.0912. The molecule has 2 aliphatic rings. The molecule has 292 valence electrons. The van der Waals surface area contributed by atoms with Gasteiger partial charge in [0.05, 0.1) is 19.2 Å². The zero-order chi connectivity index (χ0) is 39.2. The second-order valence-electron chi connectivity index (χ2n) is 12.3. The molecule has 4 rings (SSSR count). The topological polar surface area (TPSA) is 190 Å². The Labute approximate surface area is 312 Å². The van der Waals surface area contributed by atoms with Gasteiger partial charge in [-0.3, -0.25) is 24.0 Å². The molecule has 0 aromatic heterocycles. The summed E-state index contributed by atoms with van der Waals surface area (Å²) in [6.45, 7) is 5.54. The second-order valence-corrected chi connectivity index (χ2v) is 12.3. The van der Waals surface area contributed by atoms with Crippen LogP contribution >= 0.6 is 0 Å². The highest BCUT2D eigenvalue weighted by Gasteiger charge is 2.53. The summed E-state index contributed by atoms with van der Waals surface area (Å²) in [7, 11) is 1.57. The fourth-order valence-electron chi connectivity index (χ4n) is 5.53. The van der Waals surface area contributed by atoms with Crippen molar-refractivity contribution in [3.05, 3.63) is 72.3 Å². The van der Waals surface area contributed by atoms with Crippen molar-refractivity contribution in [2.75, 3.05) is 20.3 Å². The van der Waals surface area contributed by atoms with Crippen LogP contribution < -0.4 is 9.47 Å². The predicted molar refractivity (Wildman–Crippen MR) is 187 cm³/mol. The maximum atomic E-state index is 12.9. The minimum Gasteiger partial charge on any atom is -0.497 e. The van der Waals surface area contributed by atoms with Gasteiger partial charge in [-0.2, -0.15) is 0 Å². The first kappa shape index (κ1) is 41.3. The van der Waals surface area contributed by atoms with E-state index in [2.05, 4.69) is 5.16 Å². The Morgan fingerprint density at radius 2 is 1.26 bits per heavy atom. The van der Waals surface area contributed by atoms with Crippen LogP contribution in [0.5, 0.6) is 11.5 Å². The van der Waals surface area contributed by atoms with Crippen LogP contribution in [-0.2, 0) is 62.0 Å². The van der Waals surface area contributed by atoms with Crippen molar-refractivity contribution in [2.45, 2.75) is 96.5 Å². The first-order valence-electron chi connectivity index (χ1n) is 17.2. The van der Waals surface area contributed by atoms with Crippen molar-refractivity contribution in [1.82, 2.24) is 0 Å². The van der Waals surface area contributed by atoms with Crippen LogP contribution in [0.2, 0.25) is 0 Å². The third-order valence-electron chi connectivity index (χ3n) is 7.98. The van der Waals surface area contributed by atoms with Crippen LogP contribution in [0.3, 0.4) is 0 Å². The van der Waals surface area contributed by atoms with Gasteiger partial charge in [0.1, 0.15) is 49.1 Å². The average Bonchev–Trinajstić information content (AvgIpc) is 3.14. The third kappa shape index (κ3) is 12.6. The first-order valence-corrected chi connectivity index (χ1v) is 17.2. The monoisotopic (exact) mass is 755 g/mol. The Bertz CT molecular complexity index is 1640. The van der Waals surface area contributed by atoms with E-state index in [-0.39, 0.29) is 25.6 Å². The second kappa shape index (κ2) is 20.1. The third-order valence-corrected chi connectivity index (χ3v) is 7.98. The Morgan fingerprint density at radius 3 is 1.89 bits per heavy atom. The molecule has 0 unspecified atom stereocenters. The van der Waals surface area contributed by atoms with Crippen LogP contribution in [0.4, 0.5) is 0 Å². The van der Waals surface area contributed by atoms with Gasteiger partial charge in [-0.1, -0.05) is 41.6 Å². The SMILES string of the molecule is COc1ccc(O[C@H]2C=C[C@@H](c3ccccc3)O[C@@H]2COC(=O)CCC(C)=NO[C@@H]2O[C@H](COC(C)=O)[C@@H](OC(C)=O)[C@H](OC(C)=O)[C@H]2OC(C)=O)cc1. The fourth-order valence-corrected chi connectivity index (χ4v) is 5.53. The number of hydrogen-bond acceptors (Lipinski definition) is 16. The Morgan fingerprint density at radius 1 is 0.648 bits per heavy atom. The maximum Gasteiger partial charge on any atom is 0.306 e. The number of carbonyl (C=O) groups is 5. The number of esters is 5. The zero-order valence-corrected chi connectivity index (χ0v) is 30.9. The molecule has 16 nitrogen and oxygen atoms in total. The van der Waals surface area contributed by atoms with Crippen molar-refractivity contribution >= 4 is 35.6 Å². The van der Waals surface area contributed by atoms with Crippen LogP contribution in [0, 0.1) is 0 Å². The number of nitrogens with zero attached hydrogens (tertiary/aromatic N) is 1. The van der Waals surface area contributed by atoms with E-state index in [1.165, 1.54) is 0 Å². The van der Waals surface area contributed by atoms with E-state index in [0.29, 0.717) is 17.2 Å². The molecule has 1 saturated heterocycles. The lowest BCUT2D eigenvalue weighted by Crippen LogP contribution is -2.62. The molecule has 2 aliphatic heterocycles. The number of hydrogen-bond donors (Lipinski definition) is 0. The van der Waals surface area contributed by atoms with E-state index >= 15 is 0 Å². The van der Waals surface area contributed by atoms with Gasteiger partial charge in [0, 0.05) is 27.7 Å². The summed E-state index contributed by atoms with van der Waals surface area (Å²) in [5.41, 5.74) is 1.25. The van der Waals surface area contributed by atoms with E-state index < -0.39 is 79.4 Å². The van der Waals surface area contributed by atoms with Gasteiger partial charge in [-0.25, -0.2) is 0 Å². The molecule has 8 atom stereocenters. The minimum atomic E-state index is -1.51. The fraction of sp³-hybridized carbons (Fsp3) is 0.474. The van der Waals surface area contributed by atoms with Crippen LogP contribution in [0.25, 0.3) is 0 Å². The predicted octanol–water partition coefficient (Wildman–Crippen LogP) is 3.94. The van der Waals surface area contributed by atoms with Crippen LogP contribution in [0.1, 0.15) is 59.1 Å². The van der Waals surface area contributed by atoms with Gasteiger partial charge in [0.15, 0.2) is 12.2 Å². The molecule has 1 fully saturated rings. The van der Waals surface area contributed by atoms with Gasteiger partial charge in [-0.05, 0) is 49.2 Å². The van der Waals surface area contributed by atoms with Crippen LogP contribution in [-0.4, -0.2) is 98.8 Å².